The van der Waals surface area contributed by atoms with Gasteiger partial charge in [-0.25, -0.2) is 8.42 Å². The van der Waals surface area contributed by atoms with Gasteiger partial charge in [0.15, 0.2) is 11.5 Å². The number of halogens is 1. The third-order valence-electron chi connectivity index (χ3n) is 5.28. The van der Waals surface area contributed by atoms with Crippen molar-refractivity contribution in [2.45, 2.75) is 38.1 Å². The van der Waals surface area contributed by atoms with Gasteiger partial charge in [-0.15, -0.1) is 0 Å². The Balaban J connectivity index is 1.63. The fourth-order valence-corrected chi connectivity index (χ4v) is 5.32. The molecule has 0 aromatic heterocycles. The first-order chi connectivity index (χ1) is 15.3. The molecule has 0 bridgehead atoms. The maximum Gasteiger partial charge on any atom is 0.243 e. The van der Waals surface area contributed by atoms with Crippen molar-refractivity contribution in [1.29, 1.82) is 0 Å². The number of piperidine rings is 1. The molecule has 0 radical (unpaired) electrons. The molecule has 0 saturated carbocycles. The molecule has 0 aliphatic carbocycles. The van der Waals surface area contributed by atoms with E-state index in [0.717, 1.165) is 5.56 Å². The first kappa shape index (κ1) is 24.4. The number of ether oxygens (including phenoxy) is 2. The maximum atomic E-state index is 13.0. The smallest absolute Gasteiger partial charge is 0.243 e. The summed E-state index contributed by atoms with van der Waals surface area (Å²) in [4.78, 5) is 13.0. The number of nitrogens with one attached hydrogen (secondary N) is 1. The summed E-state index contributed by atoms with van der Waals surface area (Å²) in [6.07, 6.45) is 1.27. The van der Waals surface area contributed by atoms with E-state index in [-0.39, 0.29) is 17.3 Å². The monoisotopic (exact) mass is 480 g/mol. The second kappa shape index (κ2) is 11.0. The molecule has 1 unspecified atom stereocenters. The van der Waals surface area contributed by atoms with Crippen molar-refractivity contribution in [2.24, 2.45) is 5.92 Å². The van der Waals surface area contributed by atoms with Crippen molar-refractivity contribution < 1.29 is 22.7 Å². The zero-order valence-corrected chi connectivity index (χ0v) is 19.9. The highest BCUT2D eigenvalue weighted by Gasteiger charge is 2.33. The molecular formula is C23H29ClN2O5S. The molecule has 2 aromatic rings. The molecule has 1 saturated heterocycles. The number of benzene rings is 2. The van der Waals surface area contributed by atoms with Crippen LogP contribution in [0.1, 0.15) is 32.3 Å². The lowest BCUT2D eigenvalue weighted by atomic mass is 9.98. The van der Waals surface area contributed by atoms with Gasteiger partial charge in [-0.2, -0.15) is 4.31 Å². The molecule has 1 atom stereocenters. The molecule has 1 heterocycles. The number of carbonyl (C=O) groups is 1. The van der Waals surface area contributed by atoms with Crippen LogP contribution in [0.25, 0.3) is 0 Å². The average molecular weight is 481 g/mol. The first-order valence-electron chi connectivity index (χ1n) is 10.8. The van der Waals surface area contributed by atoms with E-state index in [0.29, 0.717) is 55.7 Å². The Bertz CT molecular complexity index is 1030. The van der Waals surface area contributed by atoms with Crippen molar-refractivity contribution in [3.63, 3.8) is 0 Å². The highest BCUT2D eigenvalue weighted by atomic mass is 35.5. The number of rotatable bonds is 9. The largest absolute Gasteiger partial charge is 0.490 e. The Hall–Kier alpha value is -2.29. The minimum Gasteiger partial charge on any atom is -0.490 e. The van der Waals surface area contributed by atoms with Gasteiger partial charge in [-0.1, -0.05) is 17.7 Å². The topological polar surface area (TPSA) is 84.9 Å². The predicted octanol–water partition coefficient (Wildman–Crippen LogP) is 3.85. The molecule has 174 valence electrons. The van der Waals surface area contributed by atoms with E-state index in [1.165, 1.54) is 16.4 Å². The van der Waals surface area contributed by atoms with E-state index >= 15 is 0 Å². The molecule has 1 amide bonds. The minimum absolute atomic E-state index is 0.157. The summed E-state index contributed by atoms with van der Waals surface area (Å²) >= 11 is 5.87. The Morgan fingerprint density at radius 3 is 2.47 bits per heavy atom. The van der Waals surface area contributed by atoms with Gasteiger partial charge >= 0.3 is 0 Å². The molecule has 1 aliphatic rings. The number of hydrogen-bond acceptors (Lipinski definition) is 5. The molecule has 1 aliphatic heterocycles. The molecule has 2 aromatic carbocycles. The third kappa shape index (κ3) is 5.94. The number of amides is 1. The van der Waals surface area contributed by atoms with Crippen molar-refractivity contribution >= 4 is 27.5 Å². The lowest BCUT2D eigenvalue weighted by Gasteiger charge is -2.31. The fraction of sp³-hybridized carbons (Fsp3) is 0.435. The van der Waals surface area contributed by atoms with Crippen molar-refractivity contribution in [3.05, 3.63) is 53.1 Å². The number of carbonyl (C=O) groups excluding carboxylic acids is 1. The second-order valence-corrected chi connectivity index (χ2v) is 9.90. The standard InChI is InChI=1S/C23H29ClN2O5S/c1-3-30-21-12-7-17(14-22(21)31-4-2)15-25-23(27)18-6-5-13-26(16-18)32(28,29)20-10-8-19(24)9-11-20/h7-12,14,18H,3-6,13,15-16H2,1-2H3,(H,25,27). The molecule has 0 spiro atoms. The van der Waals surface area contributed by atoms with E-state index in [4.69, 9.17) is 21.1 Å². The van der Waals surface area contributed by atoms with Crippen LogP contribution in [0.5, 0.6) is 11.5 Å². The van der Waals surface area contributed by atoms with Crippen LogP contribution >= 0.6 is 11.6 Å². The van der Waals surface area contributed by atoms with Gasteiger partial charge in [0.25, 0.3) is 0 Å². The van der Waals surface area contributed by atoms with Crippen molar-refractivity contribution in [3.8, 4) is 11.5 Å². The molecule has 9 heteroatoms. The summed E-state index contributed by atoms with van der Waals surface area (Å²) < 4.78 is 38.5. The van der Waals surface area contributed by atoms with E-state index in [1.54, 1.807) is 12.1 Å². The summed E-state index contributed by atoms with van der Waals surface area (Å²) in [5, 5.41) is 3.41. The normalized spacial score (nSPS) is 17.0. The number of sulfonamides is 1. The lowest BCUT2D eigenvalue weighted by Crippen LogP contribution is -2.45. The van der Waals surface area contributed by atoms with Crippen molar-refractivity contribution in [2.75, 3.05) is 26.3 Å². The van der Waals surface area contributed by atoms with E-state index < -0.39 is 15.9 Å². The summed E-state index contributed by atoms with van der Waals surface area (Å²) in [5.74, 6) is 0.742. The Labute approximate surface area is 194 Å². The van der Waals surface area contributed by atoms with Gasteiger partial charge < -0.3 is 14.8 Å². The van der Waals surface area contributed by atoms with Gasteiger partial charge in [0.2, 0.25) is 15.9 Å². The fourth-order valence-electron chi connectivity index (χ4n) is 3.67. The van der Waals surface area contributed by atoms with Gasteiger partial charge in [0.05, 0.1) is 24.0 Å². The average Bonchev–Trinajstić information content (AvgIpc) is 2.79. The van der Waals surface area contributed by atoms with Crippen molar-refractivity contribution in [1.82, 2.24) is 9.62 Å². The van der Waals surface area contributed by atoms with Crippen LogP contribution < -0.4 is 14.8 Å². The van der Waals surface area contributed by atoms with Crippen LogP contribution in [0, 0.1) is 5.92 Å². The van der Waals surface area contributed by atoms with E-state index in [2.05, 4.69) is 5.32 Å². The van der Waals surface area contributed by atoms with Gasteiger partial charge in [0, 0.05) is 24.7 Å². The Morgan fingerprint density at radius 1 is 1.09 bits per heavy atom. The van der Waals surface area contributed by atoms with Crippen LogP contribution in [0.2, 0.25) is 5.02 Å². The highest BCUT2D eigenvalue weighted by molar-refractivity contribution is 7.89. The van der Waals surface area contributed by atoms with Crippen LogP contribution in [-0.2, 0) is 21.4 Å². The lowest BCUT2D eigenvalue weighted by molar-refractivity contribution is -0.126. The summed E-state index contributed by atoms with van der Waals surface area (Å²) in [6.45, 7) is 5.73. The molecule has 3 rings (SSSR count). The molecule has 1 N–H and O–H groups in total. The zero-order chi connectivity index (χ0) is 23.1. The quantitative estimate of drug-likeness (QED) is 0.589. The first-order valence-corrected chi connectivity index (χ1v) is 12.6. The summed E-state index contributed by atoms with van der Waals surface area (Å²) in [5.41, 5.74) is 0.881. The van der Waals surface area contributed by atoms with Crippen LogP contribution in [0.3, 0.4) is 0 Å². The summed E-state index contributed by atoms with van der Waals surface area (Å²) in [6, 6.07) is 11.6. The highest BCUT2D eigenvalue weighted by Crippen LogP contribution is 2.29. The predicted molar refractivity (Wildman–Crippen MR) is 124 cm³/mol. The maximum absolute atomic E-state index is 13.0. The zero-order valence-electron chi connectivity index (χ0n) is 18.3. The number of nitrogens with zero attached hydrogens (tertiary/aromatic N) is 1. The molecule has 32 heavy (non-hydrogen) atoms. The SMILES string of the molecule is CCOc1ccc(CNC(=O)C2CCCN(S(=O)(=O)c3ccc(Cl)cc3)C2)cc1OCC. The van der Waals surface area contributed by atoms with E-state index in [1.807, 2.05) is 32.0 Å². The number of hydrogen-bond donors (Lipinski definition) is 1. The molecule has 7 nitrogen and oxygen atoms in total. The third-order valence-corrected chi connectivity index (χ3v) is 7.41. The molecular weight excluding hydrogens is 452 g/mol. The van der Waals surface area contributed by atoms with Gasteiger partial charge in [-0.05, 0) is 68.7 Å². The van der Waals surface area contributed by atoms with Crippen LogP contribution in [0.15, 0.2) is 47.4 Å². The summed E-state index contributed by atoms with van der Waals surface area (Å²) in [7, 11) is -3.67. The van der Waals surface area contributed by atoms with E-state index in [9.17, 15) is 13.2 Å². The Morgan fingerprint density at radius 2 is 1.78 bits per heavy atom. The Kier molecular flexibility index (Phi) is 8.39. The second-order valence-electron chi connectivity index (χ2n) is 7.52. The molecule has 1 fully saturated rings. The minimum atomic E-state index is -3.67. The van der Waals surface area contributed by atoms with Crippen LogP contribution in [-0.4, -0.2) is 44.9 Å². The van der Waals surface area contributed by atoms with Gasteiger partial charge in [0.1, 0.15) is 0 Å². The van der Waals surface area contributed by atoms with Gasteiger partial charge in [-0.3, -0.25) is 4.79 Å². The van der Waals surface area contributed by atoms with Crippen LogP contribution in [0.4, 0.5) is 0 Å².